The molecule has 1 aliphatic heterocycles. The predicted octanol–water partition coefficient (Wildman–Crippen LogP) is 2.51. The van der Waals surface area contributed by atoms with E-state index in [4.69, 9.17) is 10.5 Å². The first-order valence-corrected chi connectivity index (χ1v) is 9.63. The van der Waals surface area contributed by atoms with E-state index in [2.05, 4.69) is 4.98 Å². The summed E-state index contributed by atoms with van der Waals surface area (Å²) in [5.41, 5.74) is 6.49. The zero-order chi connectivity index (χ0) is 20.4. The molecule has 0 saturated heterocycles. The quantitative estimate of drug-likeness (QED) is 0.688. The van der Waals surface area contributed by atoms with E-state index in [1.165, 1.54) is 12.1 Å². The van der Waals surface area contributed by atoms with Crippen molar-refractivity contribution in [2.75, 3.05) is 0 Å². The number of carbonyl (C=O) groups excluding carboxylic acids is 2. The second-order valence-corrected chi connectivity index (χ2v) is 7.13. The van der Waals surface area contributed by atoms with Crippen LogP contribution in [0.3, 0.4) is 0 Å². The Morgan fingerprint density at radius 3 is 2.62 bits per heavy atom. The minimum absolute atomic E-state index is 0.0916. The first-order chi connectivity index (χ1) is 14.0. The number of primary amides is 1. The number of esters is 1. The van der Waals surface area contributed by atoms with Gasteiger partial charge in [0.1, 0.15) is 5.82 Å². The minimum atomic E-state index is -1.19. The number of nitrogens with two attached hydrogens (primary N) is 1. The summed E-state index contributed by atoms with van der Waals surface area (Å²) >= 11 is 0. The number of nitrogens with zero attached hydrogens (tertiary/aromatic N) is 2. The van der Waals surface area contributed by atoms with Crippen molar-refractivity contribution < 1.29 is 14.3 Å². The highest BCUT2D eigenvalue weighted by Gasteiger charge is 2.24. The predicted molar refractivity (Wildman–Crippen MR) is 107 cm³/mol. The molecule has 0 radical (unpaired) electrons. The lowest BCUT2D eigenvalue weighted by Crippen LogP contribution is -2.26. The highest BCUT2D eigenvalue weighted by molar-refractivity contribution is 5.95. The van der Waals surface area contributed by atoms with Gasteiger partial charge in [-0.3, -0.25) is 14.2 Å². The van der Waals surface area contributed by atoms with Crippen molar-refractivity contribution in [2.24, 2.45) is 5.73 Å². The monoisotopic (exact) mass is 391 g/mol. The van der Waals surface area contributed by atoms with Crippen molar-refractivity contribution in [3.8, 4) is 0 Å². The second-order valence-electron chi connectivity index (χ2n) is 7.13. The van der Waals surface area contributed by atoms with Crippen LogP contribution in [0.5, 0.6) is 0 Å². The molecule has 1 unspecified atom stereocenters. The summed E-state index contributed by atoms with van der Waals surface area (Å²) in [6.07, 6.45) is 2.54. The average Bonchev–Trinajstić information content (AvgIpc) is 2.97. The highest BCUT2D eigenvalue weighted by Crippen LogP contribution is 2.21. The third-order valence-corrected chi connectivity index (χ3v) is 5.14. The molecule has 0 saturated carbocycles. The number of rotatable bonds is 4. The molecule has 1 aliphatic rings. The lowest BCUT2D eigenvalue weighted by atomic mass is 10.1. The molecule has 2 heterocycles. The van der Waals surface area contributed by atoms with Gasteiger partial charge in [0, 0.05) is 18.5 Å². The fourth-order valence-corrected chi connectivity index (χ4v) is 3.64. The molecule has 7 nitrogen and oxygen atoms in total. The van der Waals surface area contributed by atoms with Crippen LogP contribution in [0.4, 0.5) is 0 Å². The fourth-order valence-electron chi connectivity index (χ4n) is 3.64. The number of fused-ring (bicyclic) bond motifs is 2. The van der Waals surface area contributed by atoms with Crippen LogP contribution in [0, 0.1) is 0 Å². The molecule has 0 fully saturated rings. The third kappa shape index (κ3) is 3.76. The van der Waals surface area contributed by atoms with E-state index in [0.717, 1.165) is 31.5 Å². The molecule has 2 N–H and O–H groups in total. The summed E-state index contributed by atoms with van der Waals surface area (Å²) in [6.45, 7) is 0.665. The normalized spacial score (nSPS) is 14.6. The van der Waals surface area contributed by atoms with Gasteiger partial charge < -0.3 is 10.5 Å². The van der Waals surface area contributed by atoms with Gasteiger partial charge in [0.15, 0.2) is 0 Å². The molecule has 4 rings (SSSR count). The van der Waals surface area contributed by atoms with Crippen LogP contribution in [0.1, 0.15) is 47.1 Å². The Hall–Kier alpha value is -3.48. The average molecular weight is 391 g/mol. The van der Waals surface area contributed by atoms with E-state index < -0.39 is 18.0 Å². The number of ether oxygens (including phenoxy) is 1. The SMILES string of the molecule is NC(=O)C(OC(=O)c1ccc2c(=O)n3c(nc2c1)CCCCC3)c1ccccc1. The fraction of sp³-hybridized carbons (Fsp3) is 0.273. The van der Waals surface area contributed by atoms with Gasteiger partial charge in [0.05, 0.1) is 16.5 Å². The van der Waals surface area contributed by atoms with Crippen molar-refractivity contribution in [3.05, 3.63) is 75.8 Å². The zero-order valence-electron chi connectivity index (χ0n) is 15.8. The van der Waals surface area contributed by atoms with Crippen molar-refractivity contribution in [3.63, 3.8) is 0 Å². The summed E-state index contributed by atoms with van der Waals surface area (Å²) < 4.78 is 7.10. The summed E-state index contributed by atoms with van der Waals surface area (Å²) in [5.74, 6) is -0.715. The van der Waals surface area contributed by atoms with Crippen LogP contribution in [-0.4, -0.2) is 21.4 Å². The Morgan fingerprint density at radius 2 is 1.86 bits per heavy atom. The lowest BCUT2D eigenvalue weighted by Gasteiger charge is -2.15. The van der Waals surface area contributed by atoms with E-state index in [9.17, 15) is 14.4 Å². The summed E-state index contributed by atoms with van der Waals surface area (Å²) in [6, 6.07) is 13.2. The van der Waals surface area contributed by atoms with Crippen molar-refractivity contribution >= 4 is 22.8 Å². The van der Waals surface area contributed by atoms with Crippen molar-refractivity contribution in [1.82, 2.24) is 9.55 Å². The number of aryl methyl sites for hydroxylation is 1. The molecule has 148 valence electrons. The molecule has 0 bridgehead atoms. The van der Waals surface area contributed by atoms with E-state index in [0.29, 0.717) is 23.0 Å². The van der Waals surface area contributed by atoms with Crippen LogP contribution < -0.4 is 11.3 Å². The minimum Gasteiger partial charge on any atom is -0.444 e. The maximum absolute atomic E-state index is 12.8. The number of hydrogen-bond acceptors (Lipinski definition) is 5. The van der Waals surface area contributed by atoms with Gasteiger partial charge in [-0.25, -0.2) is 9.78 Å². The van der Waals surface area contributed by atoms with Crippen LogP contribution in [0.2, 0.25) is 0 Å². The van der Waals surface area contributed by atoms with Crippen molar-refractivity contribution in [1.29, 1.82) is 0 Å². The summed E-state index contributed by atoms with van der Waals surface area (Å²) in [7, 11) is 0. The van der Waals surface area contributed by atoms with Crippen LogP contribution in [-0.2, 0) is 22.5 Å². The maximum Gasteiger partial charge on any atom is 0.339 e. The number of benzene rings is 2. The van der Waals surface area contributed by atoms with E-state index in [-0.39, 0.29) is 11.1 Å². The van der Waals surface area contributed by atoms with E-state index in [1.807, 2.05) is 0 Å². The number of hydrogen-bond donors (Lipinski definition) is 1. The lowest BCUT2D eigenvalue weighted by molar-refractivity contribution is -0.127. The zero-order valence-corrected chi connectivity index (χ0v) is 15.8. The molecule has 2 aromatic carbocycles. The molecular weight excluding hydrogens is 370 g/mol. The third-order valence-electron chi connectivity index (χ3n) is 5.14. The van der Waals surface area contributed by atoms with Crippen molar-refractivity contribution in [2.45, 2.75) is 38.3 Å². The Bertz CT molecular complexity index is 1140. The topological polar surface area (TPSA) is 104 Å². The number of aromatic nitrogens is 2. The molecular formula is C22H21N3O4. The Morgan fingerprint density at radius 1 is 1.07 bits per heavy atom. The van der Waals surface area contributed by atoms with Gasteiger partial charge in [-0.1, -0.05) is 36.8 Å². The van der Waals surface area contributed by atoms with Gasteiger partial charge in [-0.15, -0.1) is 0 Å². The molecule has 29 heavy (non-hydrogen) atoms. The molecule has 0 aliphatic carbocycles. The number of amides is 1. The van der Waals surface area contributed by atoms with Crippen LogP contribution in [0.15, 0.2) is 53.3 Å². The van der Waals surface area contributed by atoms with Gasteiger partial charge in [-0.05, 0) is 31.0 Å². The molecule has 1 aromatic heterocycles. The van der Waals surface area contributed by atoms with Crippen LogP contribution in [0.25, 0.3) is 10.9 Å². The first-order valence-electron chi connectivity index (χ1n) is 9.63. The van der Waals surface area contributed by atoms with Gasteiger partial charge in [-0.2, -0.15) is 0 Å². The Kier molecular flexibility index (Phi) is 5.12. The summed E-state index contributed by atoms with van der Waals surface area (Å²) in [4.78, 5) is 41.9. The van der Waals surface area contributed by atoms with Gasteiger partial charge >= 0.3 is 5.97 Å². The molecule has 7 heteroatoms. The number of carbonyl (C=O) groups is 2. The first kappa shape index (κ1) is 18.9. The Labute approximate surface area is 167 Å². The van der Waals surface area contributed by atoms with Gasteiger partial charge in [0.2, 0.25) is 6.10 Å². The second kappa shape index (κ2) is 7.87. The van der Waals surface area contributed by atoms with Gasteiger partial charge in [0.25, 0.3) is 11.5 Å². The highest BCUT2D eigenvalue weighted by atomic mass is 16.5. The molecule has 1 atom stereocenters. The molecule has 3 aromatic rings. The van der Waals surface area contributed by atoms with E-state index in [1.54, 1.807) is 41.0 Å². The van der Waals surface area contributed by atoms with Crippen LogP contribution >= 0.6 is 0 Å². The van der Waals surface area contributed by atoms with E-state index >= 15 is 0 Å². The maximum atomic E-state index is 12.8. The summed E-state index contributed by atoms with van der Waals surface area (Å²) in [5, 5.41) is 0.460. The standard InChI is InChI=1S/C22H21N3O4/c23-20(26)19(14-7-3-1-4-8-14)29-22(28)15-10-11-16-17(13-15)24-18-9-5-2-6-12-25(18)21(16)27/h1,3-4,7-8,10-11,13,19H,2,5-6,9,12H2,(H2,23,26). The largest absolute Gasteiger partial charge is 0.444 e. The smallest absolute Gasteiger partial charge is 0.339 e. The Balaban J connectivity index is 1.68. The molecule has 0 spiro atoms. The molecule has 1 amide bonds.